The Balaban J connectivity index is 2.07. The molecule has 7 heteroatoms. The normalized spacial score (nSPS) is 10.4. The van der Waals surface area contributed by atoms with E-state index in [1.54, 1.807) is 17.8 Å². The summed E-state index contributed by atoms with van der Waals surface area (Å²) >= 11 is 3.14. The summed E-state index contributed by atoms with van der Waals surface area (Å²) in [5, 5.41) is 0.580. The summed E-state index contributed by atoms with van der Waals surface area (Å²) < 4.78 is 1.10. The summed E-state index contributed by atoms with van der Waals surface area (Å²) in [5.41, 5.74) is 10.3. The van der Waals surface area contributed by atoms with Gasteiger partial charge >= 0.3 is 0 Å². The van der Waals surface area contributed by atoms with Crippen LogP contribution >= 0.6 is 23.1 Å². The molecule has 0 radical (unpaired) electrons. The highest BCUT2D eigenvalue weighted by molar-refractivity contribution is 8.00. The first kappa shape index (κ1) is 13.9. The van der Waals surface area contributed by atoms with Crippen molar-refractivity contribution in [3.05, 3.63) is 41.1 Å². The average Bonchev–Trinajstić information content (AvgIpc) is 2.74. The fourth-order valence-corrected chi connectivity index (χ4v) is 3.54. The quantitative estimate of drug-likeness (QED) is 0.347. The van der Waals surface area contributed by atoms with Crippen LogP contribution in [0.25, 0.3) is 0 Å². The highest BCUT2D eigenvalue weighted by Crippen LogP contribution is 2.32. The molecule has 0 spiro atoms. The highest BCUT2D eigenvalue weighted by Gasteiger charge is 2.08. The van der Waals surface area contributed by atoms with Gasteiger partial charge in [-0.05, 0) is 24.6 Å². The molecule has 0 bridgehead atoms. The number of aromatic nitrogens is 1. The third-order valence-electron chi connectivity index (χ3n) is 2.46. The minimum absolute atomic E-state index is 0.287. The number of rotatable bonds is 4. The molecule has 0 fully saturated rings. The number of thiazole rings is 1. The Bertz CT molecular complexity index is 597. The average molecular weight is 294 g/mol. The Kier molecular flexibility index (Phi) is 4.41. The maximum absolute atomic E-state index is 11.4. The molecule has 5 nitrogen and oxygen atoms in total. The predicted molar refractivity (Wildman–Crippen MR) is 78.9 cm³/mol. The van der Waals surface area contributed by atoms with Gasteiger partial charge in [0.05, 0.1) is 9.90 Å². The molecule has 0 aliphatic heterocycles. The number of nitrogens with one attached hydrogen (secondary N) is 1. The lowest BCUT2D eigenvalue weighted by atomic mass is 10.1. The van der Waals surface area contributed by atoms with E-state index in [9.17, 15) is 4.79 Å². The van der Waals surface area contributed by atoms with Gasteiger partial charge in [-0.25, -0.2) is 10.8 Å². The molecule has 0 unspecified atom stereocenters. The first-order valence-electron chi connectivity index (χ1n) is 5.55. The smallest absolute Gasteiger partial charge is 0.265 e. The van der Waals surface area contributed by atoms with Gasteiger partial charge in [0, 0.05) is 11.3 Å². The SMILES string of the molecule is Cc1nc(N)sc1SCc1cccc(C(=O)NN)c1. The zero-order valence-electron chi connectivity index (χ0n) is 10.3. The van der Waals surface area contributed by atoms with Crippen LogP contribution in [0.5, 0.6) is 0 Å². The Morgan fingerprint density at radius 1 is 1.53 bits per heavy atom. The van der Waals surface area contributed by atoms with Crippen LogP contribution in [0.1, 0.15) is 21.6 Å². The van der Waals surface area contributed by atoms with Crippen LogP contribution in [0.4, 0.5) is 5.13 Å². The molecule has 0 saturated heterocycles. The summed E-state index contributed by atoms with van der Waals surface area (Å²) in [7, 11) is 0. The largest absolute Gasteiger partial charge is 0.375 e. The van der Waals surface area contributed by atoms with Gasteiger partial charge in [0.15, 0.2) is 5.13 Å². The van der Waals surface area contributed by atoms with E-state index in [0.29, 0.717) is 10.7 Å². The van der Waals surface area contributed by atoms with E-state index in [0.717, 1.165) is 21.2 Å². The molecular formula is C12H14N4OS2. The third-order valence-corrected chi connectivity index (χ3v) is 4.88. The van der Waals surface area contributed by atoms with Crippen molar-refractivity contribution in [1.29, 1.82) is 0 Å². The van der Waals surface area contributed by atoms with Crippen LogP contribution in [0, 0.1) is 6.92 Å². The molecule has 19 heavy (non-hydrogen) atoms. The van der Waals surface area contributed by atoms with Crippen LogP contribution < -0.4 is 17.0 Å². The number of aryl methyl sites for hydroxylation is 1. The fourth-order valence-electron chi connectivity index (χ4n) is 1.57. The topological polar surface area (TPSA) is 94.0 Å². The first-order valence-corrected chi connectivity index (χ1v) is 7.36. The number of amides is 1. The summed E-state index contributed by atoms with van der Waals surface area (Å²) in [6.45, 7) is 1.94. The Morgan fingerprint density at radius 3 is 2.95 bits per heavy atom. The second-order valence-electron chi connectivity index (χ2n) is 3.89. The second kappa shape index (κ2) is 6.05. The van der Waals surface area contributed by atoms with Crippen LogP contribution in [-0.2, 0) is 5.75 Å². The Labute approximate surface area is 119 Å². The van der Waals surface area contributed by atoms with Crippen molar-refractivity contribution >= 4 is 34.1 Å². The number of hydrazine groups is 1. The molecule has 2 aromatic rings. The highest BCUT2D eigenvalue weighted by atomic mass is 32.2. The van der Waals surface area contributed by atoms with Crippen LogP contribution in [0.3, 0.4) is 0 Å². The molecule has 2 rings (SSSR count). The number of carbonyl (C=O) groups is 1. The third kappa shape index (κ3) is 3.46. The first-order chi connectivity index (χ1) is 9.10. The molecule has 1 amide bonds. The Morgan fingerprint density at radius 2 is 2.32 bits per heavy atom. The van der Waals surface area contributed by atoms with E-state index in [1.165, 1.54) is 11.3 Å². The van der Waals surface area contributed by atoms with Crippen molar-refractivity contribution in [2.75, 3.05) is 5.73 Å². The minimum Gasteiger partial charge on any atom is -0.375 e. The summed E-state index contributed by atoms with van der Waals surface area (Å²) in [6.07, 6.45) is 0. The van der Waals surface area contributed by atoms with Gasteiger partial charge < -0.3 is 5.73 Å². The molecular weight excluding hydrogens is 280 g/mol. The summed E-state index contributed by atoms with van der Waals surface area (Å²) in [5.74, 6) is 5.59. The Hall–Kier alpha value is -1.57. The maximum atomic E-state index is 11.4. The zero-order valence-corrected chi connectivity index (χ0v) is 12.0. The lowest BCUT2D eigenvalue weighted by Crippen LogP contribution is -2.29. The molecule has 1 aromatic heterocycles. The van der Waals surface area contributed by atoms with Crippen molar-refractivity contribution in [3.63, 3.8) is 0 Å². The number of thioether (sulfide) groups is 1. The zero-order chi connectivity index (χ0) is 13.8. The summed E-state index contributed by atoms with van der Waals surface area (Å²) in [4.78, 5) is 15.6. The molecule has 0 aliphatic carbocycles. The van der Waals surface area contributed by atoms with Gasteiger partial charge in [0.1, 0.15) is 0 Å². The van der Waals surface area contributed by atoms with Crippen LogP contribution in [-0.4, -0.2) is 10.9 Å². The lowest BCUT2D eigenvalue weighted by molar-refractivity contribution is 0.0953. The molecule has 0 saturated carbocycles. The van der Waals surface area contributed by atoms with Crippen molar-refractivity contribution in [2.45, 2.75) is 16.9 Å². The number of anilines is 1. The molecule has 5 N–H and O–H groups in total. The standard InChI is InChI=1S/C12H14N4OS2/c1-7-11(19-12(13)15-7)18-6-8-3-2-4-9(5-8)10(17)16-14/h2-5H,6,14H2,1H3,(H2,13,15)(H,16,17). The number of nitrogen functional groups attached to an aromatic ring is 2. The number of benzene rings is 1. The fraction of sp³-hybridized carbons (Fsp3) is 0.167. The molecule has 0 aliphatic rings. The summed E-state index contributed by atoms with van der Waals surface area (Å²) in [6, 6.07) is 7.37. The van der Waals surface area contributed by atoms with Gasteiger partial charge in [0.25, 0.3) is 5.91 Å². The van der Waals surface area contributed by atoms with Crippen molar-refractivity contribution < 1.29 is 4.79 Å². The number of hydrogen-bond donors (Lipinski definition) is 3. The van der Waals surface area contributed by atoms with Gasteiger partial charge in [-0.1, -0.05) is 23.5 Å². The van der Waals surface area contributed by atoms with Crippen molar-refractivity contribution in [1.82, 2.24) is 10.4 Å². The number of nitrogens with zero attached hydrogens (tertiary/aromatic N) is 1. The van der Waals surface area contributed by atoms with E-state index in [1.807, 2.05) is 25.1 Å². The predicted octanol–water partition coefficient (Wildman–Crippen LogP) is 1.93. The lowest BCUT2D eigenvalue weighted by Gasteiger charge is -2.03. The van der Waals surface area contributed by atoms with Gasteiger partial charge in [-0.15, -0.1) is 11.8 Å². The van der Waals surface area contributed by atoms with Gasteiger partial charge in [0.2, 0.25) is 0 Å². The van der Waals surface area contributed by atoms with E-state index < -0.39 is 0 Å². The van der Waals surface area contributed by atoms with E-state index in [4.69, 9.17) is 11.6 Å². The second-order valence-corrected chi connectivity index (χ2v) is 6.16. The van der Waals surface area contributed by atoms with E-state index in [-0.39, 0.29) is 5.91 Å². The molecule has 1 aromatic carbocycles. The molecule has 0 atom stereocenters. The van der Waals surface area contributed by atoms with Gasteiger partial charge in [-0.2, -0.15) is 0 Å². The van der Waals surface area contributed by atoms with Crippen molar-refractivity contribution in [2.24, 2.45) is 5.84 Å². The number of hydrogen-bond acceptors (Lipinski definition) is 6. The van der Waals surface area contributed by atoms with E-state index in [2.05, 4.69) is 10.4 Å². The van der Waals surface area contributed by atoms with Crippen molar-refractivity contribution in [3.8, 4) is 0 Å². The van der Waals surface area contributed by atoms with E-state index >= 15 is 0 Å². The molecule has 1 heterocycles. The molecule has 100 valence electrons. The number of carbonyl (C=O) groups excluding carboxylic acids is 1. The van der Waals surface area contributed by atoms with Gasteiger partial charge in [-0.3, -0.25) is 10.2 Å². The minimum atomic E-state index is -0.287. The van der Waals surface area contributed by atoms with Crippen LogP contribution in [0.15, 0.2) is 28.5 Å². The number of nitrogens with two attached hydrogens (primary N) is 2. The monoisotopic (exact) mass is 294 g/mol. The van der Waals surface area contributed by atoms with Crippen LogP contribution in [0.2, 0.25) is 0 Å². The maximum Gasteiger partial charge on any atom is 0.265 e.